The number of carbonyl (C=O) groups is 2. The maximum absolute atomic E-state index is 13.3. The Kier molecular flexibility index (Phi) is 5.51. The summed E-state index contributed by atoms with van der Waals surface area (Å²) in [6.07, 6.45) is 0. The van der Waals surface area contributed by atoms with Gasteiger partial charge in [-0.3, -0.25) is 14.5 Å². The van der Waals surface area contributed by atoms with Crippen LogP contribution >= 0.6 is 11.3 Å². The molecule has 1 amide bonds. The molecular formula is C26H20N2O5S. The highest BCUT2D eigenvalue weighted by atomic mass is 32.1. The van der Waals surface area contributed by atoms with Gasteiger partial charge >= 0.3 is 5.91 Å². The molecule has 7 nitrogen and oxygen atoms in total. The summed E-state index contributed by atoms with van der Waals surface area (Å²) in [4.78, 5) is 32.6. The molecule has 1 saturated heterocycles. The van der Waals surface area contributed by atoms with E-state index in [0.717, 1.165) is 10.2 Å². The summed E-state index contributed by atoms with van der Waals surface area (Å²) < 4.78 is 11.7. The number of nitrogens with zero attached hydrogens (tertiary/aromatic N) is 2. The van der Waals surface area contributed by atoms with Crippen LogP contribution in [0.15, 0.2) is 78.4 Å². The molecule has 2 heterocycles. The van der Waals surface area contributed by atoms with Gasteiger partial charge in [-0.25, -0.2) is 4.98 Å². The number of anilines is 1. The van der Waals surface area contributed by atoms with Gasteiger partial charge in [0.25, 0.3) is 5.78 Å². The second-order valence-electron chi connectivity index (χ2n) is 7.61. The molecule has 1 N–H and O–H groups in total. The predicted molar refractivity (Wildman–Crippen MR) is 130 cm³/mol. The highest BCUT2D eigenvalue weighted by Gasteiger charge is 2.48. The molecule has 1 aliphatic heterocycles. The van der Waals surface area contributed by atoms with Crippen molar-refractivity contribution in [1.82, 2.24) is 4.98 Å². The van der Waals surface area contributed by atoms with Crippen molar-refractivity contribution in [3.8, 4) is 11.5 Å². The molecule has 4 aromatic rings. The van der Waals surface area contributed by atoms with E-state index in [-0.39, 0.29) is 11.3 Å². The van der Waals surface area contributed by atoms with Crippen molar-refractivity contribution in [2.75, 3.05) is 19.1 Å². The zero-order valence-corrected chi connectivity index (χ0v) is 19.2. The van der Waals surface area contributed by atoms with E-state index in [1.807, 2.05) is 30.3 Å². The number of amides is 1. The van der Waals surface area contributed by atoms with Crippen LogP contribution in [0.3, 0.4) is 0 Å². The molecule has 1 aromatic heterocycles. The third-order valence-corrected chi connectivity index (χ3v) is 6.74. The van der Waals surface area contributed by atoms with Gasteiger partial charge in [0.2, 0.25) is 0 Å². The summed E-state index contributed by atoms with van der Waals surface area (Å²) in [5.41, 5.74) is 1.73. The molecule has 1 atom stereocenters. The van der Waals surface area contributed by atoms with Crippen LogP contribution in [-0.2, 0) is 9.59 Å². The monoisotopic (exact) mass is 472 g/mol. The molecule has 1 aliphatic rings. The van der Waals surface area contributed by atoms with E-state index in [1.165, 1.54) is 30.5 Å². The Morgan fingerprint density at radius 3 is 2.35 bits per heavy atom. The van der Waals surface area contributed by atoms with Crippen molar-refractivity contribution in [3.63, 3.8) is 0 Å². The zero-order chi connectivity index (χ0) is 23.8. The Morgan fingerprint density at radius 2 is 1.65 bits per heavy atom. The van der Waals surface area contributed by atoms with Gasteiger partial charge in [-0.05, 0) is 29.8 Å². The molecule has 3 aromatic carbocycles. The smallest absolute Gasteiger partial charge is 0.301 e. The molecule has 0 radical (unpaired) electrons. The number of Topliss-reactive ketones (excluding diaryl/α,β-unsaturated/α-hetero) is 1. The van der Waals surface area contributed by atoms with Crippen LogP contribution in [0.5, 0.6) is 11.5 Å². The largest absolute Gasteiger partial charge is 0.507 e. The lowest BCUT2D eigenvalue weighted by Crippen LogP contribution is -2.29. The Morgan fingerprint density at radius 1 is 0.941 bits per heavy atom. The fraction of sp³-hybridized carbons (Fsp3) is 0.115. The van der Waals surface area contributed by atoms with E-state index in [4.69, 9.17) is 9.47 Å². The SMILES string of the molecule is COc1ccc([C@H]2C(=C(O)c3ccccc3)C(=O)C(=O)N2c2nc3ccccc3s2)cc1OC. The summed E-state index contributed by atoms with van der Waals surface area (Å²) >= 11 is 1.31. The molecule has 170 valence electrons. The second kappa shape index (κ2) is 8.64. The van der Waals surface area contributed by atoms with Crippen LogP contribution in [0.2, 0.25) is 0 Å². The lowest BCUT2D eigenvalue weighted by Gasteiger charge is -2.23. The van der Waals surface area contributed by atoms with Crippen molar-refractivity contribution in [3.05, 3.63) is 89.5 Å². The zero-order valence-electron chi connectivity index (χ0n) is 18.4. The number of hydrogen-bond acceptors (Lipinski definition) is 7. The first-order chi connectivity index (χ1) is 16.5. The van der Waals surface area contributed by atoms with Crippen LogP contribution in [0, 0.1) is 0 Å². The van der Waals surface area contributed by atoms with Gasteiger partial charge < -0.3 is 14.6 Å². The molecule has 1 fully saturated rings. The third kappa shape index (κ3) is 3.48. The number of ether oxygens (including phenoxy) is 2. The number of methoxy groups -OCH3 is 2. The number of thiazole rings is 1. The van der Waals surface area contributed by atoms with E-state index in [1.54, 1.807) is 42.5 Å². The third-order valence-electron chi connectivity index (χ3n) is 5.70. The van der Waals surface area contributed by atoms with Crippen molar-refractivity contribution >= 4 is 44.1 Å². The Hall–Kier alpha value is -4.17. The minimum atomic E-state index is -0.902. The topological polar surface area (TPSA) is 89.0 Å². The number of benzene rings is 3. The summed E-state index contributed by atoms with van der Waals surface area (Å²) in [7, 11) is 3.04. The Bertz CT molecular complexity index is 1410. The standard InChI is InChI=1S/C26H20N2O5S/c1-32-18-13-12-16(14-19(18)33-2)22-21(23(29)15-8-4-3-5-9-15)24(30)25(31)28(22)26-27-17-10-6-7-11-20(17)34-26/h3-14,22,29H,1-2H3/t22-/m0/s1. The predicted octanol–water partition coefficient (Wildman–Crippen LogP) is 4.94. The molecule has 0 spiro atoms. The number of hydrogen-bond donors (Lipinski definition) is 1. The lowest BCUT2D eigenvalue weighted by atomic mass is 9.95. The Balaban J connectivity index is 1.75. The van der Waals surface area contributed by atoms with E-state index in [2.05, 4.69) is 4.98 Å². The molecular weight excluding hydrogens is 452 g/mol. The molecule has 34 heavy (non-hydrogen) atoms. The number of aliphatic hydroxyl groups excluding tert-OH is 1. The number of fused-ring (bicyclic) bond motifs is 1. The van der Waals surface area contributed by atoms with Gasteiger partial charge in [0.05, 0.1) is 36.1 Å². The summed E-state index contributed by atoms with van der Waals surface area (Å²) in [5.74, 6) is -0.833. The maximum atomic E-state index is 13.3. The first kappa shape index (κ1) is 21.7. The number of aromatic nitrogens is 1. The minimum Gasteiger partial charge on any atom is -0.507 e. The summed E-state index contributed by atoms with van der Waals surface area (Å²) in [6.45, 7) is 0. The average Bonchev–Trinajstić information content (AvgIpc) is 3.42. The normalized spacial score (nSPS) is 17.4. The van der Waals surface area contributed by atoms with Crippen LogP contribution < -0.4 is 14.4 Å². The molecule has 0 aliphatic carbocycles. The first-order valence-electron chi connectivity index (χ1n) is 10.5. The van der Waals surface area contributed by atoms with Gasteiger partial charge in [-0.2, -0.15) is 0 Å². The molecule has 0 unspecified atom stereocenters. The first-order valence-corrected chi connectivity index (χ1v) is 11.3. The number of aliphatic hydroxyl groups is 1. The van der Waals surface area contributed by atoms with Crippen molar-refractivity contribution in [2.45, 2.75) is 6.04 Å². The van der Waals surface area contributed by atoms with E-state index in [9.17, 15) is 14.7 Å². The summed E-state index contributed by atoms with van der Waals surface area (Å²) in [5, 5.41) is 11.5. The van der Waals surface area contributed by atoms with Gasteiger partial charge in [0.1, 0.15) is 5.76 Å². The van der Waals surface area contributed by atoms with Crippen molar-refractivity contribution in [2.24, 2.45) is 0 Å². The van der Waals surface area contributed by atoms with Crippen LogP contribution in [0.25, 0.3) is 16.0 Å². The maximum Gasteiger partial charge on any atom is 0.301 e. The number of para-hydroxylation sites is 1. The number of carbonyl (C=O) groups excluding carboxylic acids is 2. The van der Waals surface area contributed by atoms with Gasteiger partial charge in [-0.1, -0.05) is 59.9 Å². The highest BCUT2D eigenvalue weighted by molar-refractivity contribution is 7.22. The number of rotatable bonds is 5. The van der Waals surface area contributed by atoms with Crippen LogP contribution in [0.4, 0.5) is 5.13 Å². The lowest BCUT2D eigenvalue weighted by molar-refractivity contribution is -0.132. The molecule has 5 rings (SSSR count). The van der Waals surface area contributed by atoms with Crippen molar-refractivity contribution < 1.29 is 24.2 Å². The minimum absolute atomic E-state index is 0.0114. The molecule has 0 bridgehead atoms. The molecule has 0 saturated carbocycles. The quantitative estimate of drug-likeness (QED) is 0.251. The fourth-order valence-corrected chi connectivity index (χ4v) is 5.07. The fourth-order valence-electron chi connectivity index (χ4n) is 4.08. The van der Waals surface area contributed by atoms with Gasteiger partial charge in [0, 0.05) is 5.56 Å². The van der Waals surface area contributed by atoms with Gasteiger partial charge in [-0.15, -0.1) is 0 Å². The van der Waals surface area contributed by atoms with E-state index in [0.29, 0.717) is 27.8 Å². The molecule has 8 heteroatoms. The summed E-state index contributed by atoms with van der Waals surface area (Å²) in [6, 6.07) is 20.4. The second-order valence-corrected chi connectivity index (χ2v) is 8.62. The average molecular weight is 473 g/mol. The van der Waals surface area contributed by atoms with Crippen molar-refractivity contribution in [1.29, 1.82) is 0 Å². The van der Waals surface area contributed by atoms with Crippen LogP contribution in [0.1, 0.15) is 17.2 Å². The highest BCUT2D eigenvalue weighted by Crippen LogP contribution is 2.45. The van der Waals surface area contributed by atoms with E-state index < -0.39 is 17.7 Å². The van der Waals surface area contributed by atoms with Gasteiger partial charge in [0.15, 0.2) is 16.6 Å². The van der Waals surface area contributed by atoms with E-state index >= 15 is 0 Å². The van der Waals surface area contributed by atoms with Crippen LogP contribution in [-0.4, -0.2) is 36.0 Å². The number of ketones is 1. The Labute approximate surface area is 199 Å².